The third-order valence-electron chi connectivity index (χ3n) is 4.02. The quantitative estimate of drug-likeness (QED) is 0.653. The van der Waals surface area contributed by atoms with Crippen LogP contribution in [0.4, 0.5) is 17.6 Å². The van der Waals surface area contributed by atoms with Gasteiger partial charge in [0.05, 0.1) is 22.5 Å². The third kappa shape index (κ3) is 3.40. The van der Waals surface area contributed by atoms with Crippen molar-refractivity contribution in [3.05, 3.63) is 64.6 Å². The molecule has 3 rings (SSSR count). The van der Waals surface area contributed by atoms with Crippen LogP contribution in [0.25, 0.3) is 22.4 Å². The molecule has 0 radical (unpaired) electrons. The molecule has 0 atom stereocenters. The van der Waals surface area contributed by atoms with Crippen LogP contribution in [-0.2, 0) is 13.2 Å². The van der Waals surface area contributed by atoms with E-state index in [9.17, 15) is 22.4 Å². The molecule has 0 saturated carbocycles. The summed E-state index contributed by atoms with van der Waals surface area (Å²) in [6.07, 6.45) is -3.63. The maximum absolute atomic E-state index is 14.1. The number of nitrogens with two attached hydrogens (primary N) is 1. The molecule has 1 aromatic heterocycles. The van der Waals surface area contributed by atoms with E-state index in [1.54, 1.807) is 13.1 Å². The van der Waals surface area contributed by atoms with Crippen LogP contribution in [-0.4, -0.2) is 15.7 Å². The van der Waals surface area contributed by atoms with Crippen LogP contribution in [0.2, 0.25) is 5.02 Å². The lowest BCUT2D eigenvalue weighted by Crippen LogP contribution is -2.18. The fourth-order valence-electron chi connectivity index (χ4n) is 2.92. The zero-order valence-corrected chi connectivity index (χ0v) is 14.6. The number of halogens is 5. The van der Waals surface area contributed by atoms with Crippen LogP contribution in [0.15, 0.2) is 42.6 Å². The molecule has 0 unspecified atom stereocenters. The summed E-state index contributed by atoms with van der Waals surface area (Å²) in [6, 6.07) is 7.32. The van der Waals surface area contributed by atoms with Crippen molar-refractivity contribution in [2.75, 3.05) is 0 Å². The fourth-order valence-corrected chi connectivity index (χ4v) is 3.19. The second kappa shape index (κ2) is 6.70. The molecule has 4 nitrogen and oxygen atoms in total. The van der Waals surface area contributed by atoms with E-state index in [-0.39, 0.29) is 5.56 Å². The molecular weight excluding hydrogens is 386 g/mol. The van der Waals surface area contributed by atoms with E-state index >= 15 is 0 Å². The summed E-state index contributed by atoms with van der Waals surface area (Å²) in [5, 5.41) is 4.27. The van der Waals surface area contributed by atoms with E-state index in [1.807, 2.05) is 0 Å². The van der Waals surface area contributed by atoms with Gasteiger partial charge in [0.15, 0.2) is 0 Å². The molecule has 3 aromatic rings. The summed E-state index contributed by atoms with van der Waals surface area (Å²) in [7, 11) is 1.62. The second-order valence-corrected chi connectivity index (χ2v) is 6.16. The first-order valence-corrected chi connectivity index (χ1v) is 7.97. The minimum atomic E-state index is -5.02. The zero-order valence-electron chi connectivity index (χ0n) is 13.8. The first-order chi connectivity index (χ1) is 12.6. The highest BCUT2D eigenvalue weighted by Gasteiger charge is 2.39. The largest absolute Gasteiger partial charge is 0.419 e. The lowest BCUT2D eigenvalue weighted by atomic mass is 9.91. The van der Waals surface area contributed by atoms with Crippen molar-refractivity contribution in [3.8, 4) is 22.4 Å². The van der Waals surface area contributed by atoms with Crippen molar-refractivity contribution in [2.24, 2.45) is 12.8 Å². The molecule has 0 aliphatic heterocycles. The number of alkyl halides is 3. The van der Waals surface area contributed by atoms with Crippen LogP contribution >= 0.6 is 11.6 Å². The molecule has 0 aliphatic carbocycles. The maximum Gasteiger partial charge on any atom is 0.419 e. The van der Waals surface area contributed by atoms with Crippen molar-refractivity contribution in [3.63, 3.8) is 0 Å². The van der Waals surface area contributed by atoms with Crippen molar-refractivity contribution < 1.29 is 22.4 Å². The van der Waals surface area contributed by atoms with Gasteiger partial charge in [-0.25, -0.2) is 4.39 Å². The van der Waals surface area contributed by atoms with Gasteiger partial charge >= 0.3 is 6.18 Å². The van der Waals surface area contributed by atoms with Gasteiger partial charge in [0.2, 0.25) is 5.91 Å². The number of benzene rings is 2. The van der Waals surface area contributed by atoms with Crippen LogP contribution in [0.5, 0.6) is 0 Å². The third-order valence-corrected chi connectivity index (χ3v) is 4.30. The Morgan fingerprint density at radius 3 is 2.41 bits per heavy atom. The highest BCUT2D eigenvalue weighted by atomic mass is 35.5. The lowest BCUT2D eigenvalue weighted by molar-refractivity contribution is -0.139. The SMILES string of the molecule is Cn1ncc(Cl)c1-c1cccc(-c2c(C(N)=O)ccc(F)c2C(F)(F)F)c1. The Labute approximate surface area is 156 Å². The van der Waals surface area contributed by atoms with Crippen LogP contribution < -0.4 is 5.73 Å². The number of nitrogens with zero attached hydrogens (tertiary/aromatic N) is 2. The first-order valence-electron chi connectivity index (χ1n) is 7.59. The molecule has 1 amide bonds. The van der Waals surface area contributed by atoms with Gasteiger partial charge in [-0.05, 0) is 23.8 Å². The summed E-state index contributed by atoms with van der Waals surface area (Å²) in [6.45, 7) is 0. The topological polar surface area (TPSA) is 60.9 Å². The number of aryl methyl sites for hydroxylation is 1. The van der Waals surface area contributed by atoms with E-state index in [4.69, 9.17) is 17.3 Å². The van der Waals surface area contributed by atoms with Crippen molar-refractivity contribution >= 4 is 17.5 Å². The number of aromatic nitrogens is 2. The van der Waals surface area contributed by atoms with Gasteiger partial charge in [0, 0.05) is 23.7 Å². The second-order valence-electron chi connectivity index (χ2n) is 5.75. The Hall–Kier alpha value is -2.87. The average Bonchev–Trinajstić information content (AvgIpc) is 2.92. The summed E-state index contributed by atoms with van der Waals surface area (Å²) >= 11 is 6.09. The number of carbonyl (C=O) groups excluding carboxylic acids is 1. The van der Waals surface area contributed by atoms with Crippen LogP contribution in [0, 0.1) is 5.82 Å². The Morgan fingerprint density at radius 1 is 1.19 bits per heavy atom. The van der Waals surface area contributed by atoms with E-state index in [0.717, 1.165) is 6.07 Å². The van der Waals surface area contributed by atoms with Gasteiger partial charge in [0.1, 0.15) is 5.82 Å². The van der Waals surface area contributed by atoms with Gasteiger partial charge < -0.3 is 5.73 Å². The van der Waals surface area contributed by atoms with E-state index in [0.29, 0.717) is 22.3 Å². The molecule has 2 aromatic carbocycles. The van der Waals surface area contributed by atoms with E-state index < -0.39 is 34.6 Å². The predicted molar refractivity (Wildman–Crippen MR) is 92.6 cm³/mol. The molecule has 1 heterocycles. The van der Waals surface area contributed by atoms with Crippen LogP contribution in [0.3, 0.4) is 0 Å². The Kier molecular flexibility index (Phi) is 4.69. The minimum absolute atomic E-state index is 0.0228. The zero-order chi connectivity index (χ0) is 19.9. The molecule has 0 spiro atoms. The lowest BCUT2D eigenvalue weighted by Gasteiger charge is -2.17. The maximum atomic E-state index is 14.1. The first kappa shape index (κ1) is 18.9. The smallest absolute Gasteiger partial charge is 0.366 e. The summed E-state index contributed by atoms with van der Waals surface area (Å²) in [5.41, 5.74) is 3.52. The van der Waals surface area contributed by atoms with Gasteiger partial charge in [-0.1, -0.05) is 29.8 Å². The molecule has 2 N–H and O–H groups in total. The molecule has 9 heteroatoms. The molecule has 0 bridgehead atoms. The predicted octanol–water partition coefficient (Wildman–Crippen LogP) is 4.66. The summed E-state index contributed by atoms with van der Waals surface area (Å²) < 4.78 is 56.1. The Balaban J connectivity index is 2.33. The fraction of sp³-hybridized carbons (Fsp3) is 0.111. The van der Waals surface area contributed by atoms with Crippen molar-refractivity contribution in [2.45, 2.75) is 6.18 Å². The van der Waals surface area contributed by atoms with E-state index in [2.05, 4.69) is 5.10 Å². The number of rotatable bonds is 3. The highest BCUT2D eigenvalue weighted by molar-refractivity contribution is 6.33. The van der Waals surface area contributed by atoms with Crippen molar-refractivity contribution in [1.29, 1.82) is 0 Å². The van der Waals surface area contributed by atoms with Gasteiger partial charge in [-0.2, -0.15) is 18.3 Å². The van der Waals surface area contributed by atoms with Gasteiger partial charge in [-0.15, -0.1) is 0 Å². The Bertz CT molecular complexity index is 1020. The van der Waals surface area contributed by atoms with E-state index in [1.165, 1.54) is 29.1 Å². The number of hydrogen-bond acceptors (Lipinski definition) is 2. The molecule has 0 fully saturated rings. The standard InChI is InChI=1S/C18H12ClF4N3O/c1-26-16(12(19)8-25-26)10-4-2-3-9(7-10)14-11(17(24)27)5-6-13(20)15(14)18(21,22)23/h2-8H,1H3,(H2,24,27). The molecular formula is C18H12ClF4N3O. The normalized spacial score (nSPS) is 11.6. The van der Waals surface area contributed by atoms with Gasteiger partial charge in [-0.3, -0.25) is 9.48 Å². The molecule has 0 saturated heterocycles. The molecule has 27 heavy (non-hydrogen) atoms. The Morgan fingerprint density at radius 2 is 1.85 bits per heavy atom. The minimum Gasteiger partial charge on any atom is -0.366 e. The number of hydrogen-bond donors (Lipinski definition) is 1. The highest BCUT2D eigenvalue weighted by Crippen LogP contribution is 2.42. The van der Waals surface area contributed by atoms with Crippen molar-refractivity contribution in [1.82, 2.24) is 9.78 Å². The number of amides is 1. The van der Waals surface area contributed by atoms with Gasteiger partial charge in [0.25, 0.3) is 0 Å². The summed E-state index contributed by atoms with van der Waals surface area (Å²) in [5.74, 6) is -2.59. The monoisotopic (exact) mass is 397 g/mol. The molecule has 0 aliphatic rings. The average molecular weight is 398 g/mol. The molecule has 140 valence electrons. The number of carbonyl (C=O) groups is 1. The van der Waals surface area contributed by atoms with Crippen LogP contribution in [0.1, 0.15) is 15.9 Å². The summed E-state index contributed by atoms with van der Waals surface area (Å²) in [4.78, 5) is 11.7. The number of primary amides is 1.